The lowest BCUT2D eigenvalue weighted by atomic mass is 10.1. The van der Waals surface area contributed by atoms with Gasteiger partial charge in [-0.15, -0.1) is 0 Å². The molecule has 0 bridgehead atoms. The fraction of sp³-hybridized carbons (Fsp3) is 0.235. The van der Waals surface area contributed by atoms with E-state index in [2.05, 4.69) is 6.07 Å². The third-order valence-electron chi connectivity index (χ3n) is 3.02. The van der Waals surface area contributed by atoms with E-state index in [0.29, 0.717) is 29.5 Å². The molecule has 21 heavy (non-hydrogen) atoms. The van der Waals surface area contributed by atoms with Crippen molar-refractivity contribution in [3.05, 3.63) is 58.1 Å². The maximum absolute atomic E-state index is 10.6. The predicted octanol–water partition coefficient (Wildman–Crippen LogP) is 4.23. The van der Waals surface area contributed by atoms with Crippen molar-refractivity contribution in [2.75, 3.05) is 13.2 Å². The van der Waals surface area contributed by atoms with Gasteiger partial charge in [-0.25, -0.2) is 0 Å². The van der Waals surface area contributed by atoms with Gasteiger partial charge in [0.2, 0.25) is 0 Å². The van der Waals surface area contributed by atoms with E-state index in [1.807, 2.05) is 26.0 Å². The minimum atomic E-state index is 0.382. The normalized spacial score (nSPS) is 10.2. The molecule has 110 valence electrons. The smallest absolute Gasteiger partial charge is 0.150 e. The van der Waals surface area contributed by atoms with E-state index in [-0.39, 0.29) is 0 Å². The number of rotatable bonds is 6. The molecule has 2 aromatic carbocycles. The SMILES string of the molecule is Cc1ccc(OCCOc2ccc(C=O)cc2Cl)c(C)c1. The van der Waals surface area contributed by atoms with E-state index >= 15 is 0 Å². The lowest BCUT2D eigenvalue weighted by molar-refractivity contribution is 0.112. The number of ether oxygens (including phenoxy) is 2. The van der Waals surface area contributed by atoms with Crippen molar-refractivity contribution in [2.24, 2.45) is 0 Å². The number of halogens is 1. The molecular weight excluding hydrogens is 288 g/mol. The maximum Gasteiger partial charge on any atom is 0.150 e. The molecular formula is C17H17ClO3. The van der Waals surface area contributed by atoms with Crippen LogP contribution in [0.5, 0.6) is 11.5 Å². The van der Waals surface area contributed by atoms with Gasteiger partial charge >= 0.3 is 0 Å². The average Bonchev–Trinajstić information content (AvgIpc) is 2.46. The summed E-state index contributed by atoms with van der Waals surface area (Å²) in [6, 6.07) is 11.0. The van der Waals surface area contributed by atoms with Crippen LogP contribution < -0.4 is 9.47 Å². The molecule has 0 heterocycles. The Kier molecular flexibility index (Phi) is 5.23. The lowest BCUT2D eigenvalue weighted by Gasteiger charge is -2.11. The van der Waals surface area contributed by atoms with E-state index in [1.54, 1.807) is 18.2 Å². The highest BCUT2D eigenvalue weighted by Gasteiger charge is 2.04. The van der Waals surface area contributed by atoms with Crippen LogP contribution in [0.25, 0.3) is 0 Å². The number of hydrogen-bond donors (Lipinski definition) is 0. The standard InChI is InChI=1S/C17H17ClO3/c1-12-3-5-16(13(2)9-12)20-7-8-21-17-6-4-14(11-19)10-15(17)18/h3-6,9-11H,7-8H2,1-2H3. The molecule has 0 unspecified atom stereocenters. The Bertz CT molecular complexity index is 638. The number of carbonyl (C=O) groups excluding carboxylic acids is 1. The first-order valence-corrected chi connectivity index (χ1v) is 7.05. The van der Waals surface area contributed by atoms with E-state index in [1.165, 1.54) is 5.56 Å². The number of carbonyl (C=O) groups is 1. The quantitative estimate of drug-likeness (QED) is 0.592. The Balaban J connectivity index is 1.86. The monoisotopic (exact) mass is 304 g/mol. The largest absolute Gasteiger partial charge is 0.490 e. The summed E-state index contributed by atoms with van der Waals surface area (Å²) in [5.74, 6) is 1.40. The Morgan fingerprint density at radius 2 is 1.67 bits per heavy atom. The van der Waals surface area contributed by atoms with Crippen molar-refractivity contribution in [3.63, 3.8) is 0 Å². The minimum Gasteiger partial charge on any atom is -0.490 e. The molecule has 0 fully saturated rings. The number of benzene rings is 2. The van der Waals surface area contributed by atoms with Gasteiger partial charge in [-0.2, -0.15) is 0 Å². The van der Waals surface area contributed by atoms with Gasteiger partial charge in [0.15, 0.2) is 0 Å². The molecule has 0 atom stereocenters. The van der Waals surface area contributed by atoms with Gasteiger partial charge in [0.1, 0.15) is 31.0 Å². The Morgan fingerprint density at radius 3 is 2.29 bits per heavy atom. The molecule has 0 aliphatic heterocycles. The zero-order chi connectivity index (χ0) is 15.2. The molecule has 0 aromatic heterocycles. The average molecular weight is 305 g/mol. The molecule has 3 nitrogen and oxygen atoms in total. The summed E-state index contributed by atoms with van der Waals surface area (Å²) < 4.78 is 11.2. The van der Waals surface area contributed by atoms with E-state index < -0.39 is 0 Å². The van der Waals surface area contributed by atoms with Crippen LogP contribution in [0.3, 0.4) is 0 Å². The molecule has 0 saturated carbocycles. The van der Waals surface area contributed by atoms with Crippen LogP contribution in [0.1, 0.15) is 21.5 Å². The third-order valence-corrected chi connectivity index (χ3v) is 3.32. The molecule has 0 radical (unpaired) electrons. The molecule has 0 aliphatic carbocycles. The molecule has 0 saturated heterocycles. The first-order chi connectivity index (χ1) is 10.1. The molecule has 0 amide bonds. The van der Waals surface area contributed by atoms with Gasteiger partial charge in [0.05, 0.1) is 5.02 Å². The topological polar surface area (TPSA) is 35.5 Å². The number of hydrogen-bond acceptors (Lipinski definition) is 3. The van der Waals surface area contributed by atoms with Gasteiger partial charge in [0.25, 0.3) is 0 Å². The Labute approximate surface area is 129 Å². The maximum atomic E-state index is 10.6. The predicted molar refractivity (Wildman–Crippen MR) is 83.7 cm³/mol. The fourth-order valence-corrected chi connectivity index (χ4v) is 2.22. The van der Waals surface area contributed by atoms with Gasteiger partial charge in [-0.05, 0) is 43.7 Å². The van der Waals surface area contributed by atoms with Gasteiger partial charge in [0, 0.05) is 5.56 Å². The summed E-state index contributed by atoms with van der Waals surface area (Å²) in [5, 5.41) is 0.422. The Morgan fingerprint density at radius 1 is 1.00 bits per heavy atom. The van der Waals surface area contributed by atoms with Crippen molar-refractivity contribution in [2.45, 2.75) is 13.8 Å². The van der Waals surface area contributed by atoms with Gasteiger partial charge in [-0.3, -0.25) is 4.79 Å². The first kappa shape index (κ1) is 15.4. The zero-order valence-corrected chi connectivity index (χ0v) is 12.8. The lowest BCUT2D eigenvalue weighted by Crippen LogP contribution is -2.10. The second-order valence-electron chi connectivity index (χ2n) is 4.77. The minimum absolute atomic E-state index is 0.382. The van der Waals surface area contributed by atoms with Crippen LogP contribution in [-0.4, -0.2) is 19.5 Å². The molecule has 0 spiro atoms. The number of aryl methyl sites for hydroxylation is 2. The Hall–Kier alpha value is -2.00. The van der Waals surface area contributed by atoms with Crippen LogP contribution in [0.2, 0.25) is 5.02 Å². The highest BCUT2D eigenvalue weighted by atomic mass is 35.5. The van der Waals surface area contributed by atoms with Crippen LogP contribution in [0.4, 0.5) is 0 Å². The fourth-order valence-electron chi connectivity index (χ4n) is 1.97. The zero-order valence-electron chi connectivity index (χ0n) is 12.1. The van der Waals surface area contributed by atoms with E-state index in [9.17, 15) is 4.79 Å². The summed E-state index contributed by atoms with van der Waals surface area (Å²) >= 11 is 6.02. The third kappa shape index (κ3) is 4.23. The molecule has 4 heteroatoms. The number of aldehydes is 1. The summed E-state index contributed by atoms with van der Waals surface area (Å²) in [7, 11) is 0. The molecule has 2 rings (SSSR count). The van der Waals surface area contributed by atoms with Crippen LogP contribution in [0.15, 0.2) is 36.4 Å². The van der Waals surface area contributed by atoms with E-state index in [4.69, 9.17) is 21.1 Å². The van der Waals surface area contributed by atoms with Crippen LogP contribution in [-0.2, 0) is 0 Å². The summed E-state index contributed by atoms with van der Waals surface area (Å²) in [6.07, 6.45) is 0.749. The molecule has 0 N–H and O–H groups in total. The molecule has 0 aliphatic rings. The highest BCUT2D eigenvalue weighted by Crippen LogP contribution is 2.25. The first-order valence-electron chi connectivity index (χ1n) is 6.68. The summed E-state index contributed by atoms with van der Waals surface area (Å²) in [4.78, 5) is 10.6. The van der Waals surface area contributed by atoms with Crippen molar-refractivity contribution < 1.29 is 14.3 Å². The van der Waals surface area contributed by atoms with E-state index in [0.717, 1.165) is 17.6 Å². The van der Waals surface area contributed by atoms with Crippen molar-refractivity contribution >= 4 is 17.9 Å². The molecule has 2 aromatic rings. The van der Waals surface area contributed by atoms with Crippen LogP contribution in [0, 0.1) is 13.8 Å². The van der Waals surface area contributed by atoms with Crippen molar-refractivity contribution in [3.8, 4) is 11.5 Å². The summed E-state index contributed by atoms with van der Waals surface area (Å²) in [6.45, 7) is 4.87. The van der Waals surface area contributed by atoms with Gasteiger partial charge < -0.3 is 9.47 Å². The van der Waals surface area contributed by atoms with Crippen molar-refractivity contribution in [1.82, 2.24) is 0 Å². The van der Waals surface area contributed by atoms with Crippen molar-refractivity contribution in [1.29, 1.82) is 0 Å². The second-order valence-corrected chi connectivity index (χ2v) is 5.18. The highest BCUT2D eigenvalue weighted by molar-refractivity contribution is 6.32. The van der Waals surface area contributed by atoms with Crippen LogP contribution >= 0.6 is 11.6 Å². The van der Waals surface area contributed by atoms with Gasteiger partial charge in [-0.1, -0.05) is 29.3 Å². The second kappa shape index (κ2) is 7.14. The summed E-state index contributed by atoms with van der Waals surface area (Å²) in [5.41, 5.74) is 2.83.